The van der Waals surface area contributed by atoms with E-state index in [1.54, 1.807) is 48.4 Å². The SMILES string of the molecule is COc1ccc(NC(=O)Nc2ccc(Cl)c(Cl)c2)cc1N1CCCC1=O. The lowest BCUT2D eigenvalue weighted by Gasteiger charge is -2.20. The molecule has 1 heterocycles. The van der Waals surface area contributed by atoms with Gasteiger partial charge in [0.15, 0.2) is 0 Å². The van der Waals surface area contributed by atoms with Crippen molar-refractivity contribution in [2.45, 2.75) is 12.8 Å². The highest BCUT2D eigenvalue weighted by molar-refractivity contribution is 6.42. The van der Waals surface area contributed by atoms with Crippen LogP contribution >= 0.6 is 23.2 Å². The van der Waals surface area contributed by atoms with E-state index in [-0.39, 0.29) is 5.91 Å². The van der Waals surface area contributed by atoms with E-state index in [1.807, 2.05) is 0 Å². The molecule has 1 aliphatic heterocycles. The lowest BCUT2D eigenvalue weighted by atomic mass is 10.2. The first-order valence-corrected chi connectivity index (χ1v) is 8.75. The molecule has 0 aliphatic carbocycles. The lowest BCUT2D eigenvalue weighted by Crippen LogP contribution is -2.25. The van der Waals surface area contributed by atoms with Crippen LogP contribution in [0.25, 0.3) is 0 Å². The van der Waals surface area contributed by atoms with Crippen molar-refractivity contribution in [3.05, 3.63) is 46.4 Å². The second-order valence-electron chi connectivity index (χ2n) is 5.74. The van der Waals surface area contributed by atoms with Gasteiger partial charge in [0.05, 0.1) is 22.8 Å². The number of halogens is 2. The molecule has 6 nitrogen and oxygen atoms in total. The molecular formula is C18H17Cl2N3O3. The minimum atomic E-state index is -0.438. The lowest BCUT2D eigenvalue weighted by molar-refractivity contribution is -0.117. The number of amides is 3. The summed E-state index contributed by atoms with van der Waals surface area (Å²) < 4.78 is 5.34. The first-order chi connectivity index (χ1) is 12.5. The standard InChI is InChI=1S/C18H17Cl2N3O3/c1-26-16-7-5-12(10-15(16)23-8-2-3-17(23)24)22-18(25)21-11-4-6-13(19)14(20)9-11/h4-7,9-10H,2-3,8H2,1H3,(H2,21,22,25). The van der Waals surface area contributed by atoms with Gasteiger partial charge in [0.25, 0.3) is 0 Å². The molecule has 2 N–H and O–H groups in total. The van der Waals surface area contributed by atoms with Gasteiger partial charge in [0, 0.05) is 24.3 Å². The first kappa shape index (κ1) is 18.4. The highest BCUT2D eigenvalue weighted by Gasteiger charge is 2.24. The fourth-order valence-electron chi connectivity index (χ4n) is 2.75. The van der Waals surface area contributed by atoms with Gasteiger partial charge in [-0.2, -0.15) is 0 Å². The molecule has 2 aromatic rings. The van der Waals surface area contributed by atoms with Gasteiger partial charge >= 0.3 is 6.03 Å². The van der Waals surface area contributed by atoms with Crippen LogP contribution < -0.4 is 20.3 Å². The van der Waals surface area contributed by atoms with Crippen molar-refractivity contribution >= 4 is 52.2 Å². The summed E-state index contributed by atoms with van der Waals surface area (Å²) in [5.41, 5.74) is 1.70. The van der Waals surface area contributed by atoms with Crippen LogP contribution in [-0.2, 0) is 4.79 Å². The molecule has 3 rings (SSSR count). The predicted octanol–water partition coefficient (Wildman–Crippen LogP) is 4.77. The number of rotatable bonds is 4. The number of urea groups is 1. The molecule has 26 heavy (non-hydrogen) atoms. The third-order valence-electron chi connectivity index (χ3n) is 3.98. The largest absolute Gasteiger partial charge is 0.495 e. The predicted molar refractivity (Wildman–Crippen MR) is 104 cm³/mol. The van der Waals surface area contributed by atoms with Gasteiger partial charge in [0.2, 0.25) is 5.91 Å². The molecule has 2 aromatic carbocycles. The van der Waals surface area contributed by atoms with Gasteiger partial charge in [-0.1, -0.05) is 23.2 Å². The van der Waals surface area contributed by atoms with Crippen LogP contribution in [0.3, 0.4) is 0 Å². The maximum absolute atomic E-state index is 12.2. The van der Waals surface area contributed by atoms with E-state index in [0.717, 1.165) is 6.42 Å². The third kappa shape index (κ3) is 4.03. The second kappa shape index (κ2) is 7.85. The minimum Gasteiger partial charge on any atom is -0.495 e. The molecule has 8 heteroatoms. The normalized spacial score (nSPS) is 13.7. The monoisotopic (exact) mass is 393 g/mol. The summed E-state index contributed by atoms with van der Waals surface area (Å²) >= 11 is 11.8. The molecule has 0 spiro atoms. The molecule has 0 saturated carbocycles. The van der Waals surface area contributed by atoms with Crippen LogP contribution in [0, 0.1) is 0 Å². The summed E-state index contributed by atoms with van der Waals surface area (Å²) in [5.74, 6) is 0.622. The molecule has 0 atom stereocenters. The summed E-state index contributed by atoms with van der Waals surface area (Å²) in [6.07, 6.45) is 1.32. The Hall–Kier alpha value is -2.44. The van der Waals surface area contributed by atoms with Gasteiger partial charge < -0.3 is 20.3 Å². The van der Waals surface area contributed by atoms with Crippen LogP contribution in [0.1, 0.15) is 12.8 Å². The molecule has 0 bridgehead atoms. The zero-order chi connectivity index (χ0) is 18.7. The Morgan fingerprint density at radius 3 is 2.38 bits per heavy atom. The maximum atomic E-state index is 12.2. The zero-order valence-corrected chi connectivity index (χ0v) is 15.5. The van der Waals surface area contributed by atoms with Crippen molar-refractivity contribution in [2.24, 2.45) is 0 Å². The average Bonchev–Trinajstić information content (AvgIpc) is 3.04. The molecule has 0 aromatic heterocycles. The van der Waals surface area contributed by atoms with E-state index in [9.17, 15) is 9.59 Å². The summed E-state index contributed by atoms with van der Waals surface area (Å²) in [7, 11) is 1.55. The number of methoxy groups -OCH3 is 1. The summed E-state index contributed by atoms with van der Waals surface area (Å²) in [5, 5.41) is 6.18. The van der Waals surface area contributed by atoms with Crippen molar-refractivity contribution in [3.8, 4) is 5.75 Å². The Kier molecular flexibility index (Phi) is 5.54. The summed E-state index contributed by atoms with van der Waals surface area (Å²) in [6, 6.07) is 9.52. The first-order valence-electron chi connectivity index (χ1n) is 7.99. The van der Waals surface area contributed by atoms with Gasteiger partial charge in [-0.15, -0.1) is 0 Å². The quantitative estimate of drug-likeness (QED) is 0.785. The highest BCUT2D eigenvalue weighted by atomic mass is 35.5. The number of carbonyl (C=O) groups excluding carboxylic acids is 2. The number of carbonyl (C=O) groups is 2. The van der Waals surface area contributed by atoms with Crippen molar-refractivity contribution in [1.29, 1.82) is 0 Å². The van der Waals surface area contributed by atoms with Gasteiger partial charge in [-0.3, -0.25) is 4.79 Å². The fourth-order valence-corrected chi connectivity index (χ4v) is 3.05. The molecule has 0 radical (unpaired) electrons. The molecule has 0 unspecified atom stereocenters. The van der Waals surface area contributed by atoms with Gasteiger partial charge in [-0.05, 0) is 42.8 Å². The van der Waals surface area contributed by atoms with E-state index < -0.39 is 6.03 Å². The Morgan fingerprint density at radius 1 is 1.08 bits per heavy atom. The number of anilines is 3. The molecule has 136 valence electrons. The fraction of sp³-hybridized carbons (Fsp3) is 0.222. The van der Waals surface area contributed by atoms with Crippen LogP contribution in [0.2, 0.25) is 10.0 Å². The van der Waals surface area contributed by atoms with Crippen LogP contribution in [0.4, 0.5) is 21.9 Å². The topological polar surface area (TPSA) is 70.7 Å². The van der Waals surface area contributed by atoms with Crippen LogP contribution in [0.15, 0.2) is 36.4 Å². The van der Waals surface area contributed by atoms with Crippen molar-refractivity contribution in [1.82, 2.24) is 0 Å². The number of hydrogen-bond donors (Lipinski definition) is 2. The summed E-state index contributed by atoms with van der Waals surface area (Å²) in [4.78, 5) is 25.9. The second-order valence-corrected chi connectivity index (χ2v) is 6.56. The molecule has 1 saturated heterocycles. The number of nitrogens with zero attached hydrogens (tertiary/aromatic N) is 1. The Balaban J connectivity index is 1.75. The Morgan fingerprint density at radius 2 is 1.77 bits per heavy atom. The van der Waals surface area contributed by atoms with Gasteiger partial charge in [-0.25, -0.2) is 4.79 Å². The van der Waals surface area contributed by atoms with E-state index in [2.05, 4.69) is 10.6 Å². The third-order valence-corrected chi connectivity index (χ3v) is 4.72. The number of nitrogens with one attached hydrogen (secondary N) is 2. The minimum absolute atomic E-state index is 0.0423. The van der Waals surface area contributed by atoms with Crippen molar-refractivity contribution in [2.75, 3.05) is 29.2 Å². The molecule has 3 amide bonds. The number of benzene rings is 2. The Bertz CT molecular complexity index is 858. The van der Waals surface area contributed by atoms with Crippen LogP contribution in [-0.4, -0.2) is 25.6 Å². The number of ether oxygens (including phenoxy) is 1. The van der Waals surface area contributed by atoms with Crippen LogP contribution in [0.5, 0.6) is 5.75 Å². The highest BCUT2D eigenvalue weighted by Crippen LogP contribution is 2.34. The summed E-state index contributed by atoms with van der Waals surface area (Å²) in [6.45, 7) is 0.633. The molecule has 1 aliphatic rings. The van der Waals surface area contributed by atoms with Crippen molar-refractivity contribution in [3.63, 3.8) is 0 Å². The molecular weight excluding hydrogens is 377 g/mol. The maximum Gasteiger partial charge on any atom is 0.323 e. The van der Waals surface area contributed by atoms with E-state index in [1.165, 1.54) is 0 Å². The zero-order valence-electron chi connectivity index (χ0n) is 14.0. The van der Waals surface area contributed by atoms with E-state index >= 15 is 0 Å². The van der Waals surface area contributed by atoms with E-state index in [0.29, 0.717) is 45.8 Å². The van der Waals surface area contributed by atoms with Crippen molar-refractivity contribution < 1.29 is 14.3 Å². The van der Waals surface area contributed by atoms with E-state index in [4.69, 9.17) is 27.9 Å². The Labute approximate surface area is 161 Å². The number of hydrogen-bond acceptors (Lipinski definition) is 3. The molecule has 1 fully saturated rings. The van der Waals surface area contributed by atoms with Gasteiger partial charge in [0.1, 0.15) is 5.75 Å². The smallest absolute Gasteiger partial charge is 0.323 e. The average molecular weight is 394 g/mol.